The van der Waals surface area contributed by atoms with E-state index in [2.05, 4.69) is 69.6 Å². The van der Waals surface area contributed by atoms with Crippen LogP contribution in [0.2, 0.25) is 0 Å². The SMILES string of the molecule is Cc1cccc(Cn2cc(C=NNc3ccc([N+](=O)[O-])cn3)c3ccccc32)c1. The maximum atomic E-state index is 10.7. The first-order chi connectivity index (χ1) is 14.1. The molecule has 0 saturated carbocycles. The Kier molecular flexibility index (Phi) is 5.03. The highest BCUT2D eigenvalue weighted by Crippen LogP contribution is 2.21. The summed E-state index contributed by atoms with van der Waals surface area (Å²) in [4.78, 5) is 14.2. The minimum absolute atomic E-state index is 0.0567. The Morgan fingerprint density at radius 2 is 2.03 bits per heavy atom. The zero-order chi connectivity index (χ0) is 20.2. The fraction of sp³-hybridized carbons (Fsp3) is 0.0909. The highest BCUT2D eigenvalue weighted by Gasteiger charge is 2.08. The smallest absolute Gasteiger partial charge is 0.287 e. The van der Waals surface area contributed by atoms with Gasteiger partial charge in [-0.15, -0.1) is 0 Å². The predicted octanol–water partition coefficient (Wildman–Crippen LogP) is 4.75. The third kappa shape index (κ3) is 4.14. The van der Waals surface area contributed by atoms with Gasteiger partial charge in [0.15, 0.2) is 0 Å². The summed E-state index contributed by atoms with van der Waals surface area (Å²) >= 11 is 0. The summed E-state index contributed by atoms with van der Waals surface area (Å²) in [5.41, 5.74) is 7.34. The van der Waals surface area contributed by atoms with Crippen LogP contribution in [0.3, 0.4) is 0 Å². The number of hydrogen-bond acceptors (Lipinski definition) is 5. The van der Waals surface area contributed by atoms with Gasteiger partial charge in [-0.2, -0.15) is 5.10 Å². The van der Waals surface area contributed by atoms with Gasteiger partial charge in [0.25, 0.3) is 5.69 Å². The van der Waals surface area contributed by atoms with Gasteiger partial charge in [0, 0.05) is 35.3 Å². The molecular formula is C22H19N5O2. The topological polar surface area (TPSA) is 85.3 Å². The van der Waals surface area contributed by atoms with Gasteiger partial charge >= 0.3 is 0 Å². The number of hydrazone groups is 1. The quantitative estimate of drug-likeness (QED) is 0.295. The molecule has 144 valence electrons. The molecule has 2 aromatic heterocycles. The first-order valence-electron chi connectivity index (χ1n) is 9.13. The zero-order valence-electron chi connectivity index (χ0n) is 15.8. The molecule has 4 rings (SSSR count). The van der Waals surface area contributed by atoms with E-state index in [1.807, 2.05) is 12.1 Å². The molecule has 0 spiro atoms. The van der Waals surface area contributed by atoms with E-state index in [0.717, 1.165) is 23.0 Å². The molecule has 2 aromatic carbocycles. The van der Waals surface area contributed by atoms with Crippen molar-refractivity contribution in [1.29, 1.82) is 0 Å². The van der Waals surface area contributed by atoms with E-state index in [4.69, 9.17) is 0 Å². The monoisotopic (exact) mass is 385 g/mol. The van der Waals surface area contributed by atoms with Gasteiger partial charge in [-0.1, -0.05) is 48.0 Å². The van der Waals surface area contributed by atoms with E-state index in [1.165, 1.54) is 29.5 Å². The van der Waals surface area contributed by atoms with Gasteiger partial charge in [0.1, 0.15) is 12.0 Å². The summed E-state index contributed by atoms with van der Waals surface area (Å²) in [6, 6.07) is 19.6. The second kappa shape index (κ2) is 7.93. The lowest BCUT2D eigenvalue weighted by Crippen LogP contribution is -1.98. The summed E-state index contributed by atoms with van der Waals surface area (Å²) in [6.07, 6.45) is 5.01. The van der Waals surface area contributed by atoms with Crippen LogP contribution >= 0.6 is 0 Å². The minimum atomic E-state index is -0.483. The highest BCUT2D eigenvalue weighted by molar-refractivity contribution is 5.99. The summed E-state index contributed by atoms with van der Waals surface area (Å²) in [6.45, 7) is 2.86. The summed E-state index contributed by atoms with van der Waals surface area (Å²) in [5.74, 6) is 0.440. The third-order valence-electron chi connectivity index (χ3n) is 4.60. The Labute approximate surface area is 167 Å². The van der Waals surface area contributed by atoms with Crippen LogP contribution in [0.1, 0.15) is 16.7 Å². The van der Waals surface area contributed by atoms with Crippen molar-refractivity contribution in [2.75, 3.05) is 5.43 Å². The molecule has 0 aliphatic rings. The van der Waals surface area contributed by atoms with Crippen LogP contribution in [0.5, 0.6) is 0 Å². The normalized spacial score (nSPS) is 11.2. The van der Waals surface area contributed by atoms with Crippen LogP contribution in [0.4, 0.5) is 11.5 Å². The van der Waals surface area contributed by atoms with Gasteiger partial charge in [-0.25, -0.2) is 4.98 Å². The van der Waals surface area contributed by atoms with E-state index >= 15 is 0 Å². The molecule has 2 heterocycles. The van der Waals surface area contributed by atoms with E-state index < -0.39 is 4.92 Å². The standard InChI is InChI=1S/C22H19N5O2/c1-16-5-4-6-17(11-16)14-26-15-18(20-7-2-3-8-21(20)26)12-24-25-22-10-9-19(13-23-22)27(28)29/h2-13,15H,14H2,1H3,(H,23,25). The van der Waals surface area contributed by atoms with Gasteiger partial charge in [0.2, 0.25) is 0 Å². The number of pyridine rings is 1. The molecule has 0 unspecified atom stereocenters. The van der Waals surface area contributed by atoms with E-state index in [1.54, 1.807) is 6.21 Å². The lowest BCUT2D eigenvalue weighted by atomic mass is 10.1. The lowest BCUT2D eigenvalue weighted by Gasteiger charge is -2.06. The van der Waals surface area contributed by atoms with Crippen molar-refractivity contribution in [1.82, 2.24) is 9.55 Å². The van der Waals surface area contributed by atoms with Crippen LogP contribution < -0.4 is 5.43 Å². The fourth-order valence-corrected chi connectivity index (χ4v) is 3.24. The molecule has 0 saturated heterocycles. The van der Waals surface area contributed by atoms with Crippen LogP contribution in [0, 0.1) is 17.0 Å². The molecule has 4 aromatic rings. The Morgan fingerprint density at radius 3 is 2.79 bits per heavy atom. The number of nitro groups is 1. The maximum absolute atomic E-state index is 10.7. The largest absolute Gasteiger partial charge is 0.342 e. The molecule has 0 bridgehead atoms. The molecule has 29 heavy (non-hydrogen) atoms. The zero-order valence-corrected chi connectivity index (χ0v) is 15.8. The van der Waals surface area contributed by atoms with Crippen molar-refractivity contribution in [3.63, 3.8) is 0 Å². The number of aromatic nitrogens is 2. The number of para-hydroxylation sites is 1. The predicted molar refractivity (Wildman–Crippen MR) is 114 cm³/mol. The van der Waals surface area contributed by atoms with Crippen LogP contribution in [0.15, 0.2) is 78.2 Å². The van der Waals surface area contributed by atoms with Crippen molar-refractivity contribution >= 4 is 28.6 Å². The first-order valence-corrected chi connectivity index (χ1v) is 9.13. The Bertz CT molecular complexity index is 1200. The van der Waals surface area contributed by atoms with Crippen molar-refractivity contribution in [3.05, 3.63) is 99.9 Å². The fourth-order valence-electron chi connectivity index (χ4n) is 3.24. The summed E-state index contributed by atoms with van der Waals surface area (Å²) < 4.78 is 2.20. The lowest BCUT2D eigenvalue weighted by molar-refractivity contribution is -0.385. The van der Waals surface area contributed by atoms with Gasteiger partial charge in [-0.3, -0.25) is 15.5 Å². The van der Waals surface area contributed by atoms with Crippen molar-refractivity contribution < 1.29 is 4.92 Å². The van der Waals surface area contributed by atoms with Crippen LogP contribution in [0.25, 0.3) is 10.9 Å². The average Bonchev–Trinajstić information content (AvgIpc) is 3.06. The summed E-state index contributed by atoms with van der Waals surface area (Å²) in [5, 5.41) is 16.1. The van der Waals surface area contributed by atoms with Crippen molar-refractivity contribution in [2.45, 2.75) is 13.5 Å². The van der Waals surface area contributed by atoms with Crippen molar-refractivity contribution in [3.8, 4) is 0 Å². The number of hydrogen-bond donors (Lipinski definition) is 1. The Hall–Kier alpha value is -4.00. The van der Waals surface area contributed by atoms with E-state index in [9.17, 15) is 10.1 Å². The number of nitrogens with zero attached hydrogens (tertiary/aromatic N) is 4. The number of anilines is 1. The molecule has 0 aliphatic carbocycles. The number of nitrogens with one attached hydrogen (secondary N) is 1. The molecule has 0 radical (unpaired) electrons. The van der Waals surface area contributed by atoms with Crippen LogP contribution in [-0.4, -0.2) is 20.7 Å². The average molecular weight is 385 g/mol. The second-order valence-corrected chi connectivity index (χ2v) is 6.75. The molecule has 0 amide bonds. The number of benzene rings is 2. The maximum Gasteiger partial charge on any atom is 0.287 e. The molecule has 0 atom stereocenters. The number of rotatable bonds is 6. The highest BCUT2D eigenvalue weighted by atomic mass is 16.6. The Balaban J connectivity index is 1.57. The van der Waals surface area contributed by atoms with E-state index in [-0.39, 0.29) is 5.69 Å². The van der Waals surface area contributed by atoms with E-state index in [0.29, 0.717) is 5.82 Å². The number of aryl methyl sites for hydroxylation is 1. The number of fused-ring (bicyclic) bond motifs is 1. The minimum Gasteiger partial charge on any atom is -0.342 e. The first kappa shape index (κ1) is 18.4. The molecule has 0 aliphatic heterocycles. The Morgan fingerprint density at radius 1 is 1.17 bits per heavy atom. The van der Waals surface area contributed by atoms with Gasteiger partial charge in [-0.05, 0) is 24.6 Å². The molecule has 1 N–H and O–H groups in total. The third-order valence-corrected chi connectivity index (χ3v) is 4.60. The summed E-state index contributed by atoms with van der Waals surface area (Å²) in [7, 11) is 0. The second-order valence-electron chi connectivity index (χ2n) is 6.75. The molecular weight excluding hydrogens is 366 g/mol. The van der Waals surface area contributed by atoms with Gasteiger partial charge in [0.05, 0.1) is 11.1 Å². The molecule has 7 heteroatoms. The van der Waals surface area contributed by atoms with Crippen LogP contribution in [-0.2, 0) is 6.54 Å². The molecule has 0 fully saturated rings. The molecule has 7 nitrogen and oxygen atoms in total. The van der Waals surface area contributed by atoms with Crippen molar-refractivity contribution in [2.24, 2.45) is 5.10 Å². The van der Waals surface area contributed by atoms with Gasteiger partial charge < -0.3 is 4.57 Å².